The van der Waals surface area contributed by atoms with Crippen LogP contribution in [0.2, 0.25) is 0 Å². The van der Waals surface area contributed by atoms with Crippen LogP contribution in [0, 0.1) is 5.92 Å². The summed E-state index contributed by atoms with van der Waals surface area (Å²) >= 11 is 0. The Morgan fingerprint density at radius 1 is 1.25 bits per heavy atom. The van der Waals surface area contributed by atoms with Crippen molar-refractivity contribution in [2.45, 2.75) is 26.2 Å². The maximum Gasteiger partial charge on any atom is 0.342 e. The van der Waals surface area contributed by atoms with Crippen LogP contribution in [0.25, 0.3) is 0 Å². The fourth-order valence-corrected chi connectivity index (χ4v) is 1.75. The quantitative estimate of drug-likeness (QED) is 0.401. The normalized spacial score (nSPS) is 28.9. The maximum absolute atomic E-state index is 11.1. The van der Waals surface area contributed by atoms with Gasteiger partial charge in [-0.15, -0.1) is 0 Å². The van der Waals surface area contributed by atoms with E-state index in [0.717, 1.165) is 6.42 Å². The van der Waals surface area contributed by atoms with Gasteiger partial charge >= 0.3 is 11.9 Å². The van der Waals surface area contributed by atoms with Gasteiger partial charge in [0, 0.05) is 11.1 Å². The average molecular weight is 166 g/mol. The third-order valence-electron chi connectivity index (χ3n) is 2.48. The lowest BCUT2D eigenvalue weighted by atomic mass is 9.86. The molecule has 0 bridgehead atoms. The predicted molar refractivity (Wildman–Crippen MR) is 41.1 cm³/mol. The van der Waals surface area contributed by atoms with E-state index in [0.29, 0.717) is 29.9 Å². The lowest BCUT2D eigenvalue weighted by molar-refractivity contribution is -0.151. The van der Waals surface area contributed by atoms with E-state index in [2.05, 4.69) is 11.7 Å². The summed E-state index contributed by atoms with van der Waals surface area (Å²) in [7, 11) is 0. The van der Waals surface area contributed by atoms with E-state index in [9.17, 15) is 9.59 Å². The van der Waals surface area contributed by atoms with Gasteiger partial charge in [0.25, 0.3) is 0 Å². The maximum atomic E-state index is 11.1. The molecule has 0 aromatic carbocycles. The molecule has 0 saturated heterocycles. The van der Waals surface area contributed by atoms with E-state index in [1.54, 1.807) is 0 Å². The van der Waals surface area contributed by atoms with Crippen LogP contribution in [0.3, 0.4) is 0 Å². The van der Waals surface area contributed by atoms with Crippen molar-refractivity contribution in [1.82, 2.24) is 0 Å². The Kier molecular flexibility index (Phi) is 1.53. The summed E-state index contributed by atoms with van der Waals surface area (Å²) in [4.78, 5) is 22.1. The number of cyclic esters (lactones) is 2. The van der Waals surface area contributed by atoms with Crippen LogP contribution >= 0.6 is 0 Å². The Morgan fingerprint density at radius 2 is 1.92 bits per heavy atom. The molecule has 1 atom stereocenters. The molecule has 0 aromatic heterocycles. The van der Waals surface area contributed by atoms with Crippen molar-refractivity contribution >= 4 is 11.9 Å². The van der Waals surface area contributed by atoms with E-state index in [4.69, 9.17) is 0 Å². The highest BCUT2D eigenvalue weighted by Gasteiger charge is 2.35. The third kappa shape index (κ3) is 0.967. The van der Waals surface area contributed by atoms with Crippen molar-refractivity contribution in [2.24, 2.45) is 5.92 Å². The van der Waals surface area contributed by atoms with Crippen LogP contribution in [0.4, 0.5) is 0 Å². The summed E-state index contributed by atoms with van der Waals surface area (Å²) in [5.41, 5.74) is 1.25. The molecule has 1 aliphatic heterocycles. The lowest BCUT2D eigenvalue weighted by Crippen LogP contribution is -2.09. The summed E-state index contributed by atoms with van der Waals surface area (Å²) in [5.74, 6) is -0.328. The van der Waals surface area contributed by atoms with Gasteiger partial charge in [-0.3, -0.25) is 0 Å². The number of ether oxygens (including phenoxy) is 1. The van der Waals surface area contributed by atoms with Gasteiger partial charge in [-0.25, -0.2) is 9.59 Å². The molecular formula is C9H10O3. The molecule has 0 fully saturated rings. The van der Waals surface area contributed by atoms with Gasteiger partial charge in [-0.05, 0) is 25.2 Å². The summed E-state index contributed by atoms with van der Waals surface area (Å²) in [5, 5.41) is 0. The first-order valence-corrected chi connectivity index (χ1v) is 4.17. The smallest absolute Gasteiger partial charge is 0.342 e. The highest BCUT2D eigenvalue weighted by Crippen LogP contribution is 2.34. The van der Waals surface area contributed by atoms with E-state index in [-0.39, 0.29) is 0 Å². The third-order valence-corrected chi connectivity index (χ3v) is 2.48. The predicted octanol–water partition coefficient (Wildman–Crippen LogP) is 1.19. The van der Waals surface area contributed by atoms with Gasteiger partial charge in [0.2, 0.25) is 0 Å². The van der Waals surface area contributed by atoms with Crippen molar-refractivity contribution < 1.29 is 14.3 Å². The molecule has 0 unspecified atom stereocenters. The minimum Gasteiger partial charge on any atom is -0.386 e. The highest BCUT2D eigenvalue weighted by molar-refractivity contribution is 6.12. The van der Waals surface area contributed by atoms with Gasteiger partial charge in [0.1, 0.15) is 0 Å². The summed E-state index contributed by atoms with van der Waals surface area (Å²) in [6.45, 7) is 2.08. The standard InChI is InChI=1S/C9H10O3/c1-5-2-3-6-7(4-5)9(11)12-8(6)10/h5H,2-4H2,1H3/t5-/m1/s1. The first-order chi connectivity index (χ1) is 5.68. The van der Waals surface area contributed by atoms with Crippen LogP contribution < -0.4 is 0 Å². The van der Waals surface area contributed by atoms with Crippen molar-refractivity contribution in [3.63, 3.8) is 0 Å². The minimum atomic E-state index is -0.415. The molecule has 3 heteroatoms. The number of hydrogen-bond acceptors (Lipinski definition) is 3. The summed E-state index contributed by atoms with van der Waals surface area (Å²) in [6, 6.07) is 0. The second-order valence-corrected chi connectivity index (χ2v) is 3.48. The number of rotatable bonds is 0. The number of esters is 2. The van der Waals surface area contributed by atoms with Crippen LogP contribution in [0.5, 0.6) is 0 Å². The fraction of sp³-hybridized carbons (Fsp3) is 0.556. The zero-order valence-corrected chi connectivity index (χ0v) is 6.92. The molecule has 2 aliphatic rings. The Labute approximate surface area is 70.4 Å². The monoisotopic (exact) mass is 166 g/mol. The Balaban J connectivity index is 2.35. The average Bonchev–Trinajstić information content (AvgIpc) is 2.28. The van der Waals surface area contributed by atoms with E-state index in [1.165, 1.54) is 0 Å². The van der Waals surface area contributed by atoms with Gasteiger partial charge in [0.05, 0.1) is 0 Å². The molecule has 1 aliphatic carbocycles. The second-order valence-electron chi connectivity index (χ2n) is 3.48. The van der Waals surface area contributed by atoms with Gasteiger partial charge in [-0.2, -0.15) is 0 Å². The molecule has 0 radical (unpaired) electrons. The fourth-order valence-electron chi connectivity index (χ4n) is 1.75. The number of carbonyl (C=O) groups is 2. The topological polar surface area (TPSA) is 43.4 Å². The molecule has 0 amide bonds. The Hall–Kier alpha value is -1.12. The minimum absolute atomic E-state index is 0.415. The Morgan fingerprint density at radius 3 is 2.67 bits per heavy atom. The zero-order chi connectivity index (χ0) is 8.72. The number of hydrogen-bond donors (Lipinski definition) is 0. The van der Waals surface area contributed by atoms with Crippen molar-refractivity contribution in [3.8, 4) is 0 Å². The van der Waals surface area contributed by atoms with Crippen LogP contribution in [0.15, 0.2) is 11.1 Å². The van der Waals surface area contributed by atoms with Crippen LogP contribution in [-0.2, 0) is 14.3 Å². The van der Waals surface area contributed by atoms with Crippen molar-refractivity contribution in [2.75, 3.05) is 0 Å². The van der Waals surface area contributed by atoms with E-state index in [1.807, 2.05) is 0 Å². The first-order valence-electron chi connectivity index (χ1n) is 4.17. The van der Waals surface area contributed by atoms with Crippen LogP contribution in [0.1, 0.15) is 26.2 Å². The summed E-state index contributed by atoms with van der Waals surface area (Å²) in [6.07, 6.45) is 2.40. The molecule has 2 rings (SSSR count). The van der Waals surface area contributed by atoms with Gasteiger partial charge < -0.3 is 4.74 Å². The second kappa shape index (κ2) is 2.44. The zero-order valence-electron chi connectivity index (χ0n) is 6.92. The number of carbonyl (C=O) groups excluding carboxylic acids is 2. The van der Waals surface area contributed by atoms with Crippen LogP contribution in [-0.4, -0.2) is 11.9 Å². The SMILES string of the molecule is C[C@@H]1CCC2=C(C1)C(=O)OC2=O. The van der Waals surface area contributed by atoms with Crippen molar-refractivity contribution in [1.29, 1.82) is 0 Å². The first kappa shape index (κ1) is 7.53. The van der Waals surface area contributed by atoms with Crippen molar-refractivity contribution in [3.05, 3.63) is 11.1 Å². The van der Waals surface area contributed by atoms with E-state index < -0.39 is 11.9 Å². The highest BCUT2D eigenvalue weighted by atomic mass is 16.6. The van der Waals surface area contributed by atoms with E-state index >= 15 is 0 Å². The molecule has 12 heavy (non-hydrogen) atoms. The summed E-state index contributed by atoms with van der Waals surface area (Å²) < 4.78 is 4.50. The molecule has 1 heterocycles. The molecule has 0 N–H and O–H groups in total. The molecule has 0 spiro atoms. The molecule has 0 aromatic rings. The molecule has 0 saturated carbocycles. The Bertz CT molecular complexity index is 288. The largest absolute Gasteiger partial charge is 0.386 e. The molecule has 3 nitrogen and oxygen atoms in total. The molecule has 64 valence electrons. The lowest BCUT2D eigenvalue weighted by Gasteiger charge is -2.15. The van der Waals surface area contributed by atoms with Gasteiger partial charge in [-0.1, -0.05) is 6.92 Å². The van der Waals surface area contributed by atoms with Gasteiger partial charge in [0.15, 0.2) is 0 Å². The molecular weight excluding hydrogens is 156 g/mol.